The van der Waals surface area contributed by atoms with Gasteiger partial charge in [-0.1, -0.05) is 26.5 Å². The Morgan fingerprint density at radius 3 is 2.30 bits per heavy atom. The molecular weight excluding hydrogens is 208 g/mol. The Morgan fingerprint density at radius 2 is 2.10 bits per heavy atom. The third kappa shape index (κ3) is 3.18. The van der Waals surface area contributed by atoms with Gasteiger partial charge in [-0.3, -0.25) is 0 Å². The fourth-order valence-electron chi connectivity index (χ4n) is 0.438. The second-order valence-corrected chi connectivity index (χ2v) is 3.84. The first-order valence-electron chi connectivity index (χ1n) is 3.20. The highest BCUT2D eigenvalue weighted by Crippen LogP contribution is 2.22. The summed E-state index contributed by atoms with van der Waals surface area (Å²) in [4.78, 5) is 1.21. The van der Waals surface area contributed by atoms with Crippen molar-refractivity contribution in [3.05, 3.63) is 27.4 Å². The average molecular weight is 219 g/mol. The van der Waals surface area contributed by atoms with Crippen molar-refractivity contribution in [2.24, 2.45) is 0 Å². The molecule has 0 aliphatic carbocycles. The van der Waals surface area contributed by atoms with Crippen LogP contribution in [0, 0.1) is 0 Å². The average Bonchev–Trinajstić information content (AvgIpc) is 2.40. The normalized spacial score (nSPS) is 7.90. The minimum absolute atomic E-state index is 1.16. The molecule has 0 saturated heterocycles. The molecule has 0 nitrogen and oxygen atoms in total. The van der Waals surface area contributed by atoms with Crippen LogP contribution in [-0.4, -0.2) is 0 Å². The molecule has 0 radical (unpaired) electrons. The van der Waals surface area contributed by atoms with Gasteiger partial charge in [0.25, 0.3) is 0 Å². The lowest BCUT2D eigenvalue weighted by Gasteiger charge is -1.73. The smallest absolute Gasteiger partial charge is 0.0704 e. The molecule has 0 aromatic carbocycles. The predicted octanol–water partition coefficient (Wildman–Crippen LogP) is 4.18. The maximum atomic E-state index is 3.63. The van der Waals surface area contributed by atoms with Crippen molar-refractivity contribution in [2.45, 2.75) is 13.8 Å². The van der Waals surface area contributed by atoms with Crippen LogP contribution in [0.2, 0.25) is 0 Å². The number of hydrogen-bond acceptors (Lipinski definition) is 1. The van der Waals surface area contributed by atoms with E-state index in [-0.39, 0.29) is 0 Å². The van der Waals surface area contributed by atoms with E-state index in [4.69, 9.17) is 0 Å². The summed E-state index contributed by atoms with van der Waals surface area (Å²) in [6, 6.07) is 4.05. The zero-order valence-corrected chi connectivity index (χ0v) is 8.63. The summed E-state index contributed by atoms with van der Waals surface area (Å²) in [5, 5.41) is 0. The summed E-state index contributed by atoms with van der Waals surface area (Å²) in [5.74, 6) is 0. The second-order valence-electron chi connectivity index (χ2n) is 1.35. The van der Waals surface area contributed by atoms with Crippen molar-refractivity contribution in [1.82, 2.24) is 0 Å². The van der Waals surface area contributed by atoms with Gasteiger partial charge in [-0.05, 0) is 28.1 Å². The standard InChI is InChI=1S/C6H5BrS.C2H6/c1-2-5-3-4-6(7)8-5;1-2/h2-4H,1H2;1-2H3. The van der Waals surface area contributed by atoms with Gasteiger partial charge in [0.1, 0.15) is 0 Å². The highest BCUT2D eigenvalue weighted by atomic mass is 79.9. The molecule has 0 fully saturated rings. The van der Waals surface area contributed by atoms with Crippen LogP contribution in [0.15, 0.2) is 22.5 Å². The molecule has 10 heavy (non-hydrogen) atoms. The van der Waals surface area contributed by atoms with Gasteiger partial charge in [0.15, 0.2) is 0 Å². The van der Waals surface area contributed by atoms with E-state index in [0.29, 0.717) is 0 Å². The monoisotopic (exact) mass is 218 g/mol. The Kier molecular flexibility index (Phi) is 5.64. The molecule has 1 rings (SSSR count). The minimum atomic E-state index is 1.16. The number of halogens is 1. The zero-order valence-electron chi connectivity index (χ0n) is 6.23. The lowest BCUT2D eigenvalue weighted by atomic mass is 10.5. The predicted molar refractivity (Wildman–Crippen MR) is 53.5 cm³/mol. The van der Waals surface area contributed by atoms with E-state index in [0.717, 1.165) is 3.79 Å². The van der Waals surface area contributed by atoms with E-state index >= 15 is 0 Å². The summed E-state index contributed by atoms with van der Waals surface area (Å²) in [5.41, 5.74) is 0. The van der Waals surface area contributed by atoms with Crippen molar-refractivity contribution in [3.8, 4) is 0 Å². The SMILES string of the molecule is C=Cc1ccc(Br)s1.CC. The van der Waals surface area contributed by atoms with E-state index in [1.165, 1.54) is 4.88 Å². The molecule has 1 aromatic heterocycles. The first kappa shape index (κ1) is 9.92. The molecule has 0 atom stereocenters. The molecule has 1 heterocycles. The molecule has 0 aliphatic rings. The minimum Gasteiger partial charge on any atom is -0.129 e. The Labute approximate surface area is 74.7 Å². The molecule has 0 amide bonds. The Morgan fingerprint density at radius 1 is 1.50 bits per heavy atom. The van der Waals surface area contributed by atoms with Crippen LogP contribution >= 0.6 is 27.3 Å². The molecule has 56 valence electrons. The Hall–Kier alpha value is -0.0800. The van der Waals surface area contributed by atoms with Gasteiger partial charge < -0.3 is 0 Å². The van der Waals surface area contributed by atoms with Crippen LogP contribution in [0.1, 0.15) is 18.7 Å². The summed E-state index contributed by atoms with van der Waals surface area (Å²) in [7, 11) is 0. The van der Waals surface area contributed by atoms with Crippen molar-refractivity contribution in [2.75, 3.05) is 0 Å². The number of rotatable bonds is 1. The van der Waals surface area contributed by atoms with Crippen LogP contribution in [0.5, 0.6) is 0 Å². The van der Waals surface area contributed by atoms with Crippen LogP contribution < -0.4 is 0 Å². The van der Waals surface area contributed by atoms with Crippen LogP contribution in [0.4, 0.5) is 0 Å². The molecular formula is C8H11BrS. The van der Waals surface area contributed by atoms with Gasteiger partial charge in [-0.2, -0.15) is 0 Å². The van der Waals surface area contributed by atoms with Gasteiger partial charge in [0, 0.05) is 4.88 Å². The van der Waals surface area contributed by atoms with Crippen LogP contribution in [0.25, 0.3) is 6.08 Å². The van der Waals surface area contributed by atoms with E-state index in [9.17, 15) is 0 Å². The first-order valence-corrected chi connectivity index (χ1v) is 4.81. The maximum absolute atomic E-state index is 3.63. The lowest BCUT2D eigenvalue weighted by Crippen LogP contribution is -1.45. The quantitative estimate of drug-likeness (QED) is 0.664. The van der Waals surface area contributed by atoms with Gasteiger partial charge in [-0.25, -0.2) is 0 Å². The van der Waals surface area contributed by atoms with E-state index < -0.39 is 0 Å². The Balaban J connectivity index is 0.000000371. The van der Waals surface area contributed by atoms with E-state index in [1.807, 2.05) is 32.1 Å². The summed E-state index contributed by atoms with van der Waals surface area (Å²) in [6.07, 6.45) is 1.84. The molecule has 0 saturated carbocycles. The van der Waals surface area contributed by atoms with Crippen molar-refractivity contribution in [3.63, 3.8) is 0 Å². The third-order valence-electron chi connectivity index (χ3n) is 0.795. The largest absolute Gasteiger partial charge is 0.129 e. The molecule has 2 heteroatoms. The van der Waals surface area contributed by atoms with Crippen molar-refractivity contribution >= 4 is 33.3 Å². The van der Waals surface area contributed by atoms with E-state index in [2.05, 4.69) is 22.5 Å². The van der Waals surface area contributed by atoms with E-state index in [1.54, 1.807) is 11.3 Å². The first-order chi connectivity index (χ1) is 4.83. The summed E-state index contributed by atoms with van der Waals surface area (Å²) >= 11 is 5.03. The zero-order chi connectivity index (χ0) is 7.98. The van der Waals surface area contributed by atoms with Gasteiger partial charge in [0.2, 0.25) is 0 Å². The topological polar surface area (TPSA) is 0 Å². The highest BCUT2D eigenvalue weighted by Gasteiger charge is 1.88. The molecule has 1 aromatic rings. The fourth-order valence-corrected chi connectivity index (χ4v) is 1.71. The number of hydrogen-bond donors (Lipinski definition) is 0. The van der Waals surface area contributed by atoms with Gasteiger partial charge in [0.05, 0.1) is 3.79 Å². The van der Waals surface area contributed by atoms with Gasteiger partial charge >= 0.3 is 0 Å². The fraction of sp³-hybridized carbons (Fsp3) is 0.250. The summed E-state index contributed by atoms with van der Waals surface area (Å²) in [6.45, 7) is 7.63. The van der Waals surface area contributed by atoms with Gasteiger partial charge in [-0.15, -0.1) is 11.3 Å². The lowest BCUT2D eigenvalue weighted by molar-refractivity contribution is 1.50. The highest BCUT2D eigenvalue weighted by molar-refractivity contribution is 9.11. The molecule has 0 N–H and O–H groups in total. The molecule has 0 spiro atoms. The number of thiophene rings is 1. The summed E-state index contributed by atoms with van der Waals surface area (Å²) < 4.78 is 1.16. The molecule has 0 bridgehead atoms. The van der Waals surface area contributed by atoms with Crippen molar-refractivity contribution in [1.29, 1.82) is 0 Å². The second kappa shape index (κ2) is 5.69. The van der Waals surface area contributed by atoms with Crippen LogP contribution in [0.3, 0.4) is 0 Å². The van der Waals surface area contributed by atoms with Crippen LogP contribution in [-0.2, 0) is 0 Å². The molecule has 0 aliphatic heterocycles. The maximum Gasteiger partial charge on any atom is 0.0704 e. The van der Waals surface area contributed by atoms with Crippen molar-refractivity contribution < 1.29 is 0 Å². The molecule has 0 unspecified atom stereocenters. The Bertz CT molecular complexity index is 191. The third-order valence-corrected chi connectivity index (χ3v) is 2.41.